The van der Waals surface area contributed by atoms with Crippen molar-refractivity contribution in [3.8, 4) is 0 Å². The molecule has 240 valence electrons. The van der Waals surface area contributed by atoms with E-state index < -0.39 is 72.0 Å². The minimum Gasteiger partial charge on any atom is -0.258 e. The van der Waals surface area contributed by atoms with Crippen molar-refractivity contribution in [3.05, 3.63) is 127 Å². The molecule has 0 aliphatic rings. The molecule has 16 nitrogen and oxygen atoms in total. The number of nitro groups is 3. The van der Waals surface area contributed by atoms with Crippen molar-refractivity contribution in [2.24, 2.45) is 0 Å². The van der Waals surface area contributed by atoms with Gasteiger partial charge in [0.15, 0.2) is 0 Å². The highest BCUT2D eigenvalue weighted by atomic mass is 32.2. The van der Waals surface area contributed by atoms with E-state index in [0.717, 1.165) is 84.9 Å². The van der Waals surface area contributed by atoms with Gasteiger partial charge >= 0.3 is 0 Å². The summed E-state index contributed by atoms with van der Waals surface area (Å²) in [5.41, 5.74) is -1.54. The number of thiocarbonyl (C=S) groups is 1. The Hall–Kier alpha value is -5.51. The largest absolute Gasteiger partial charge is 0.272 e. The number of non-ortho nitro benzene ring substituents is 3. The summed E-state index contributed by atoms with van der Waals surface area (Å²) in [4.78, 5) is 34.6. The molecule has 0 atom stereocenters. The maximum Gasteiger partial charge on any atom is 0.272 e. The van der Waals surface area contributed by atoms with Crippen LogP contribution in [0, 0.1) is 36.2 Å². The first kappa shape index (κ1) is 32.9. The van der Waals surface area contributed by atoms with Crippen molar-refractivity contribution in [1.82, 2.24) is 4.98 Å². The lowest BCUT2D eigenvalue weighted by atomic mass is 10.3. The summed E-state index contributed by atoms with van der Waals surface area (Å²) in [6.07, 6.45) is 0. The molecular weight excluding hydrogens is 704 g/mol. The maximum absolute atomic E-state index is 14.3. The van der Waals surface area contributed by atoms with Gasteiger partial charge in [0.25, 0.3) is 37.1 Å². The van der Waals surface area contributed by atoms with Gasteiger partial charge < -0.3 is 0 Å². The van der Waals surface area contributed by atoms with Gasteiger partial charge in [-0.2, -0.15) is 4.31 Å². The van der Waals surface area contributed by atoms with Gasteiger partial charge in [0.1, 0.15) is 5.82 Å². The SMILES string of the molecule is O=[N+]([O-])c1ccc(S(=O)(=O)N(C(=S)N(c2nc3ccc([N+](=O)[O-])cc3s2)S(=O)(=O)c2ccc([N+](=O)[O-])cc2)c2ccc(F)cc2)cc1. The van der Waals surface area contributed by atoms with E-state index >= 15 is 0 Å². The zero-order chi connectivity index (χ0) is 34.3. The molecule has 0 unspecified atom stereocenters. The number of nitro benzene ring substituents is 3. The van der Waals surface area contributed by atoms with Gasteiger partial charge in [-0.1, -0.05) is 11.3 Å². The van der Waals surface area contributed by atoms with Crippen LogP contribution in [0.3, 0.4) is 0 Å². The van der Waals surface area contributed by atoms with Crippen LogP contribution in [0.5, 0.6) is 0 Å². The zero-order valence-electron chi connectivity index (χ0n) is 22.9. The van der Waals surface area contributed by atoms with Crippen LogP contribution >= 0.6 is 23.6 Å². The van der Waals surface area contributed by atoms with Gasteiger partial charge in [0.2, 0.25) is 10.2 Å². The van der Waals surface area contributed by atoms with E-state index in [4.69, 9.17) is 12.2 Å². The molecule has 47 heavy (non-hydrogen) atoms. The molecule has 0 radical (unpaired) electrons. The number of hydrogen-bond donors (Lipinski definition) is 0. The Balaban J connectivity index is 1.76. The Morgan fingerprint density at radius 2 is 1.13 bits per heavy atom. The molecule has 0 amide bonds. The zero-order valence-corrected chi connectivity index (χ0v) is 26.2. The molecule has 0 fully saturated rings. The van der Waals surface area contributed by atoms with Crippen LogP contribution in [0.4, 0.5) is 32.3 Å². The second-order valence-electron chi connectivity index (χ2n) is 9.21. The molecule has 0 aliphatic heterocycles. The number of benzene rings is 4. The average Bonchev–Trinajstić information content (AvgIpc) is 3.44. The third kappa shape index (κ3) is 6.31. The first-order valence-corrected chi connectivity index (χ1v) is 16.7. The smallest absolute Gasteiger partial charge is 0.258 e. The van der Waals surface area contributed by atoms with Crippen molar-refractivity contribution in [2.75, 3.05) is 8.61 Å². The van der Waals surface area contributed by atoms with E-state index in [2.05, 4.69) is 4.98 Å². The minimum atomic E-state index is -4.98. The maximum atomic E-state index is 14.3. The van der Waals surface area contributed by atoms with Gasteiger partial charge in [0.05, 0.1) is 40.5 Å². The number of halogens is 1. The van der Waals surface area contributed by atoms with E-state index in [1.165, 1.54) is 6.07 Å². The summed E-state index contributed by atoms with van der Waals surface area (Å²) < 4.78 is 71.6. The van der Waals surface area contributed by atoms with E-state index in [-0.39, 0.29) is 21.6 Å². The van der Waals surface area contributed by atoms with Gasteiger partial charge in [-0.15, -0.1) is 0 Å². The predicted octanol–water partition coefficient (Wildman–Crippen LogP) is 5.54. The van der Waals surface area contributed by atoms with Crippen LogP contribution in [-0.4, -0.2) is 41.7 Å². The molecule has 1 heterocycles. The van der Waals surface area contributed by atoms with E-state index in [1.54, 1.807) is 0 Å². The van der Waals surface area contributed by atoms with E-state index in [1.807, 2.05) is 0 Å². The lowest BCUT2D eigenvalue weighted by Crippen LogP contribution is -2.49. The van der Waals surface area contributed by atoms with Crippen LogP contribution in [0.1, 0.15) is 0 Å². The fraction of sp³-hybridized carbons (Fsp3) is 0. The molecule has 0 aliphatic carbocycles. The quantitative estimate of drug-likeness (QED) is 0.104. The Labute approximate surface area is 272 Å². The number of nitrogens with zero attached hydrogens (tertiary/aromatic N) is 6. The van der Waals surface area contributed by atoms with Crippen LogP contribution in [0.25, 0.3) is 10.2 Å². The van der Waals surface area contributed by atoms with Crippen molar-refractivity contribution in [1.29, 1.82) is 0 Å². The summed E-state index contributed by atoms with van der Waals surface area (Å²) in [6, 6.07) is 14.3. The number of thiazole rings is 1. The van der Waals surface area contributed by atoms with Crippen molar-refractivity contribution in [2.45, 2.75) is 9.79 Å². The van der Waals surface area contributed by atoms with Crippen LogP contribution < -0.4 is 8.61 Å². The van der Waals surface area contributed by atoms with Gasteiger partial charge in [-0.3, -0.25) is 30.3 Å². The summed E-state index contributed by atoms with van der Waals surface area (Å²) in [6.45, 7) is 0. The standard InChI is InChI=1S/C26H15FN6O10S4/c27-16-1-3-17(4-2-16)29(46(40,41)21-10-5-18(6-11-21)31(34)35)26(44)30(47(42,43)22-12-7-19(8-13-22)32(36)37)25-28-23-14-9-20(33(38)39)15-24(23)45-25/h1-15H. The Morgan fingerprint density at radius 1 is 0.681 bits per heavy atom. The Kier molecular flexibility index (Phi) is 8.64. The minimum absolute atomic E-state index is 0.0776. The normalized spacial score (nSPS) is 11.6. The molecule has 0 spiro atoms. The molecule has 1 aromatic heterocycles. The fourth-order valence-electron chi connectivity index (χ4n) is 4.09. The van der Waals surface area contributed by atoms with Crippen molar-refractivity contribution < 1.29 is 36.0 Å². The highest BCUT2D eigenvalue weighted by Gasteiger charge is 2.40. The number of hydrogen-bond acceptors (Lipinski definition) is 13. The van der Waals surface area contributed by atoms with Crippen molar-refractivity contribution in [3.63, 3.8) is 0 Å². The number of rotatable bonds is 9. The molecule has 5 rings (SSSR count). The molecule has 0 N–H and O–H groups in total. The monoisotopic (exact) mass is 718 g/mol. The molecule has 21 heteroatoms. The first-order valence-electron chi connectivity index (χ1n) is 12.6. The third-order valence-corrected chi connectivity index (χ3v) is 11.5. The average molecular weight is 719 g/mol. The summed E-state index contributed by atoms with van der Waals surface area (Å²) >= 11 is 6.14. The van der Waals surface area contributed by atoms with Gasteiger partial charge in [0, 0.05) is 36.4 Å². The van der Waals surface area contributed by atoms with Crippen LogP contribution in [-0.2, 0) is 20.0 Å². The molecule has 4 aromatic carbocycles. The lowest BCUT2D eigenvalue weighted by Gasteiger charge is -2.31. The lowest BCUT2D eigenvalue weighted by molar-refractivity contribution is -0.385. The number of aromatic nitrogens is 1. The molecular formula is C26H15FN6O10S4. The number of sulfonamides is 2. The van der Waals surface area contributed by atoms with Crippen LogP contribution in [0.2, 0.25) is 0 Å². The Morgan fingerprint density at radius 3 is 1.60 bits per heavy atom. The summed E-state index contributed by atoms with van der Waals surface area (Å²) in [5.74, 6) is -0.782. The second kappa shape index (κ2) is 12.4. The van der Waals surface area contributed by atoms with Crippen LogP contribution in [0.15, 0.2) is 101 Å². The number of anilines is 2. The topological polar surface area (TPSA) is 217 Å². The molecule has 0 saturated heterocycles. The summed E-state index contributed by atoms with van der Waals surface area (Å²) in [7, 11) is -9.91. The fourth-order valence-corrected chi connectivity index (χ4v) is 8.90. The summed E-state index contributed by atoms with van der Waals surface area (Å²) in [5, 5.41) is 32.3. The second-order valence-corrected chi connectivity index (χ2v) is 14.2. The highest BCUT2D eigenvalue weighted by molar-refractivity contribution is 7.98. The third-order valence-electron chi connectivity index (χ3n) is 6.33. The van der Waals surface area contributed by atoms with Gasteiger partial charge in [-0.05, 0) is 66.8 Å². The molecule has 0 bridgehead atoms. The number of fused-ring (bicyclic) bond motifs is 1. The predicted molar refractivity (Wildman–Crippen MR) is 171 cm³/mol. The van der Waals surface area contributed by atoms with Crippen molar-refractivity contribution >= 4 is 86.8 Å². The van der Waals surface area contributed by atoms with Gasteiger partial charge in [-0.25, -0.2) is 30.5 Å². The van der Waals surface area contributed by atoms with E-state index in [9.17, 15) is 51.6 Å². The molecule has 5 aromatic rings. The first-order chi connectivity index (χ1) is 22.1. The van der Waals surface area contributed by atoms with E-state index in [0.29, 0.717) is 19.9 Å². The Bertz CT molecular complexity index is 2300. The molecule has 0 saturated carbocycles. The highest BCUT2D eigenvalue weighted by Crippen LogP contribution is 2.37.